The number of nitrogens with two attached hydrogens (primary N) is 1. The summed E-state index contributed by atoms with van der Waals surface area (Å²) in [5.74, 6) is -1.27. The normalized spacial score (nSPS) is 21.9. The summed E-state index contributed by atoms with van der Waals surface area (Å²) < 4.78 is 0. The Morgan fingerprint density at radius 3 is 2.71 bits per heavy atom. The average molecular weight is 288 g/mol. The van der Waals surface area contributed by atoms with Crippen LogP contribution in [0, 0.1) is 12.3 Å². The molecule has 5 heteroatoms. The van der Waals surface area contributed by atoms with Crippen molar-refractivity contribution in [1.29, 1.82) is 0 Å². The third-order valence-electron chi connectivity index (χ3n) is 4.00. The van der Waals surface area contributed by atoms with Crippen LogP contribution in [-0.2, 0) is 9.59 Å². The number of carbonyl (C=O) groups is 2. The number of primary amides is 1. The van der Waals surface area contributed by atoms with Gasteiger partial charge in [-0.05, 0) is 44.0 Å². The molecule has 0 aliphatic carbocycles. The number of hydrogen-bond acceptors (Lipinski definition) is 3. The molecule has 21 heavy (non-hydrogen) atoms. The van der Waals surface area contributed by atoms with Gasteiger partial charge in [-0.1, -0.05) is 11.6 Å². The molecule has 3 N–H and O–H groups in total. The molecule has 112 valence electrons. The van der Waals surface area contributed by atoms with Crippen LogP contribution in [0.15, 0.2) is 24.3 Å². The lowest BCUT2D eigenvalue weighted by atomic mass is 9.89. The number of hydrogen-bond donors (Lipinski definition) is 2. The molecule has 1 aliphatic rings. The summed E-state index contributed by atoms with van der Waals surface area (Å²) in [6.45, 7) is 5.12. The first kappa shape index (κ1) is 15.1. The third-order valence-corrected chi connectivity index (χ3v) is 4.00. The first-order chi connectivity index (χ1) is 9.82. The summed E-state index contributed by atoms with van der Waals surface area (Å²) in [6, 6.07) is 5.88. The maximum Gasteiger partial charge on any atom is 0.328 e. The molecule has 5 nitrogen and oxygen atoms in total. The predicted octanol–water partition coefficient (Wildman–Crippen LogP) is 1.79. The number of nitrogens with zero attached hydrogens (tertiary/aromatic N) is 1. The van der Waals surface area contributed by atoms with Crippen molar-refractivity contribution >= 4 is 23.6 Å². The Labute approximate surface area is 124 Å². The van der Waals surface area contributed by atoms with Crippen molar-refractivity contribution in [2.24, 2.45) is 11.1 Å². The highest BCUT2D eigenvalue weighted by Crippen LogP contribution is 2.35. The van der Waals surface area contributed by atoms with Crippen LogP contribution in [0.25, 0.3) is 6.08 Å². The smallest absolute Gasteiger partial charge is 0.328 e. The number of amides is 1. The Kier molecular flexibility index (Phi) is 4.02. The number of aryl methyl sites for hydroxylation is 1. The Balaban J connectivity index is 2.32. The van der Waals surface area contributed by atoms with Crippen molar-refractivity contribution in [2.75, 3.05) is 18.0 Å². The SMILES string of the molecule is Cc1ccc(N2CCC(C)(C(N)=O)C2)c(/C=C/C(=O)O)c1. The summed E-state index contributed by atoms with van der Waals surface area (Å²) in [5.41, 5.74) is 7.78. The number of aliphatic carboxylic acids is 1. The van der Waals surface area contributed by atoms with Gasteiger partial charge in [0.15, 0.2) is 0 Å². The van der Waals surface area contributed by atoms with E-state index in [1.807, 2.05) is 32.0 Å². The number of carbonyl (C=O) groups excluding carboxylic acids is 1. The van der Waals surface area contributed by atoms with E-state index in [0.29, 0.717) is 13.0 Å². The van der Waals surface area contributed by atoms with Crippen LogP contribution in [0.3, 0.4) is 0 Å². The number of rotatable bonds is 4. The zero-order valence-corrected chi connectivity index (χ0v) is 12.3. The van der Waals surface area contributed by atoms with E-state index in [4.69, 9.17) is 10.8 Å². The van der Waals surface area contributed by atoms with Gasteiger partial charge < -0.3 is 15.7 Å². The molecule has 0 bridgehead atoms. The van der Waals surface area contributed by atoms with Crippen molar-refractivity contribution in [3.05, 3.63) is 35.4 Å². The Hall–Kier alpha value is -2.30. The minimum absolute atomic E-state index is 0.292. The standard InChI is InChI=1S/C16H20N2O3/c1-11-3-5-13(12(9-11)4-6-14(19)20)18-8-7-16(2,10-18)15(17)21/h3-6,9H,7-8,10H2,1-2H3,(H2,17,21)(H,19,20)/b6-4+. The van der Waals surface area contributed by atoms with Gasteiger partial charge in [-0.25, -0.2) is 4.79 Å². The molecular weight excluding hydrogens is 268 g/mol. The maximum atomic E-state index is 11.6. The number of carboxylic acid groups (broad SMARTS) is 1. The predicted molar refractivity (Wildman–Crippen MR) is 82.0 cm³/mol. The van der Waals surface area contributed by atoms with Crippen molar-refractivity contribution < 1.29 is 14.7 Å². The van der Waals surface area contributed by atoms with Crippen LogP contribution in [0.5, 0.6) is 0 Å². The zero-order chi connectivity index (χ0) is 15.6. The molecular formula is C16H20N2O3. The van der Waals surface area contributed by atoms with Crippen LogP contribution in [-0.4, -0.2) is 30.1 Å². The number of carboxylic acids is 1. The highest BCUT2D eigenvalue weighted by atomic mass is 16.4. The lowest BCUT2D eigenvalue weighted by molar-refractivity contribution is -0.131. The van der Waals surface area contributed by atoms with E-state index in [9.17, 15) is 9.59 Å². The van der Waals surface area contributed by atoms with E-state index >= 15 is 0 Å². The van der Waals surface area contributed by atoms with Crippen LogP contribution in [0.4, 0.5) is 5.69 Å². The quantitative estimate of drug-likeness (QED) is 0.827. The van der Waals surface area contributed by atoms with Gasteiger partial charge in [-0.3, -0.25) is 4.79 Å². The lowest BCUT2D eigenvalue weighted by Crippen LogP contribution is -2.37. The largest absolute Gasteiger partial charge is 0.478 e. The fraction of sp³-hybridized carbons (Fsp3) is 0.375. The third kappa shape index (κ3) is 3.24. The molecule has 0 radical (unpaired) electrons. The van der Waals surface area contributed by atoms with Crippen LogP contribution < -0.4 is 10.6 Å². The van der Waals surface area contributed by atoms with Crippen molar-refractivity contribution in [3.63, 3.8) is 0 Å². The van der Waals surface area contributed by atoms with E-state index < -0.39 is 11.4 Å². The van der Waals surface area contributed by atoms with Crippen LogP contribution in [0.2, 0.25) is 0 Å². The topological polar surface area (TPSA) is 83.6 Å². The van der Waals surface area contributed by atoms with Gasteiger partial charge in [0.25, 0.3) is 0 Å². The Bertz CT molecular complexity index is 610. The molecule has 0 spiro atoms. The van der Waals surface area contributed by atoms with Gasteiger partial charge in [0.2, 0.25) is 5.91 Å². The lowest BCUT2D eigenvalue weighted by Gasteiger charge is -2.24. The summed E-state index contributed by atoms with van der Waals surface area (Å²) in [4.78, 5) is 24.4. The van der Waals surface area contributed by atoms with Gasteiger partial charge in [-0.2, -0.15) is 0 Å². The fourth-order valence-electron chi connectivity index (χ4n) is 2.62. The van der Waals surface area contributed by atoms with E-state index in [-0.39, 0.29) is 5.91 Å². The summed E-state index contributed by atoms with van der Waals surface area (Å²) in [7, 11) is 0. The second-order valence-electron chi connectivity index (χ2n) is 5.83. The number of benzene rings is 1. The van der Waals surface area contributed by atoms with Gasteiger partial charge in [0.1, 0.15) is 0 Å². The van der Waals surface area contributed by atoms with Crippen molar-refractivity contribution in [1.82, 2.24) is 0 Å². The van der Waals surface area contributed by atoms with Crippen LogP contribution in [0.1, 0.15) is 24.5 Å². The molecule has 2 rings (SSSR count). The molecule has 1 aromatic carbocycles. The van der Waals surface area contributed by atoms with E-state index in [1.165, 1.54) is 0 Å². The highest BCUT2D eigenvalue weighted by Gasteiger charge is 2.39. The zero-order valence-electron chi connectivity index (χ0n) is 12.3. The molecule has 1 heterocycles. The molecule has 1 saturated heterocycles. The molecule has 1 aliphatic heterocycles. The van der Waals surface area contributed by atoms with Gasteiger partial charge >= 0.3 is 5.97 Å². The average Bonchev–Trinajstić information content (AvgIpc) is 2.80. The molecule has 1 atom stereocenters. The Morgan fingerprint density at radius 2 is 2.14 bits per heavy atom. The van der Waals surface area contributed by atoms with Crippen molar-refractivity contribution in [2.45, 2.75) is 20.3 Å². The van der Waals surface area contributed by atoms with Crippen molar-refractivity contribution in [3.8, 4) is 0 Å². The second kappa shape index (κ2) is 5.60. The monoisotopic (exact) mass is 288 g/mol. The van der Waals surface area contributed by atoms with Crippen LogP contribution >= 0.6 is 0 Å². The molecule has 0 aromatic heterocycles. The van der Waals surface area contributed by atoms with E-state index in [2.05, 4.69) is 4.90 Å². The number of anilines is 1. The second-order valence-corrected chi connectivity index (χ2v) is 5.83. The molecule has 1 aromatic rings. The molecule has 0 saturated carbocycles. The minimum atomic E-state index is -0.981. The molecule has 1 fully saturated rings. The molecule has 1 amide bonds. The van der Waals surface area contributed by atoms with Gasteiger partial charge in [0, 0.05) is 24.9 Å². The summed E-state index contributed by atoms with van der Waals surface area (Å²) in [6.07, 6.45) is 3.42. The maximum absolute atomic E-state index is 11.6. The first-order valence-corrected chi connectivity index (χ1v) is 6.88. The van der Waals surface area contributed by atoms with Gasteiger partial charge in [0.05, 0.1) is 5.41 Å². The van der Waals surface area contributed by atoms with E-state index in [0.717, 1.165) is 29.4 Å². The minimum Gasteiger partial charge on any atom is -0.478 e. The molecule has 1 unspecified atom stereocenters. The highest BCUT2D eigenvalue weighted by molar-refractivity contribution is 5.87. The summed E-state index contributed by atoms with van der Waals surface area (Å²) >= 11 is 0. The first-order valence-electron chi connectivity index (χ1n) is 6.88. The Morgan fingerprint density at radius 1 is 1.43 bits per heavy atom. The summed E-state index contributed by atoms with van der Waals surface area (Å²) in [5, 5.41) is 8.79. The fourth-order valence-corrected chi connectivity index (χ4v) is 2.62. The van der Waals surface area contributed by atoms with E-state index in [1.54, 1.807) is 6.08 Å². The van der Waals surface area contributed by atoms with Gasteiger partial charge in [-0.15, -0.1) is 0 Å².